The van der Waals surface area contributed by atoms with Gasteiger partial charge in [0.1, 0.15) is 11.5 Å². The third kappa shape index (κ3) is 4.07. The summed E-state index contributed by atoms with van der Waals surface area (Å²) in [5, 5.41) is 0. The third-order valence-electron chi connectivity index (χ3n) is 3.96. The summed E-state index contributed by atoms with van der Waals surface area (Å²) in [6.45, 7) is 5.92. The summed E-state index contributed by atoms with van der Waals surface area (Å²) in [5.74, 6) is 1.28. The van der Waals surface area contributed by atoms with Crippen LogP contribution in [0.15, 0.2) is 36.4 Å². The van der Waals surface area contributed by atoms with Crippen LogP contribution >= 0.6 is 0 Å². The lowest BCUT2D eigenvalue weighted by molar-refractivity contribution is 0.0778. The maximum atomic E-state index is 12.9. The Morgan fingerprint density at radius 3 is 2.42 bits per heavy atom. The van der Waals surface area contributed by atoms with Crippen molar-refractivity contribution in [2.45, 2.75) is 39.7 Å². The van der Waals surface area contributed by atoms with Crippen molar-refractivity contribution in [3.63, 3.8) is 0 Å². The number of aryl methyl sites for hydroxylation is 2. The Labute approximate surface area is 143 Å². The van der Waals surface area contributed by atoms with E-state index < -0.39 is 6.10 Å². The minimum Gasteiger partial charge on any atom is -0.496 e. The molecule has 0 heterocycles. The van der Waals surface area contributed by atoms with E-state index in [1.165, 1.54) is 0 Å². The van der Waals surface area contributed by atoms with Crippen molar-refractivity contribution >= 4 is 11.5 Å². The normalized spacial score (nSPS) is 11.8. The van der Waals surface area contributed by atoms with Crippen LogP contribution in [0, 0.1) is 13.8 Å². The molecule has 2 aromatic rings. The van der Waals surface area contributed by atoms with Gasteiger partial charge in [-0.1, -0.05) is 19.4 Å². The van der Waals surface area contributed by atoms with Crippen LogP contribution in [0.25, 0.3) is 0 Å². The van der Waals surface area contributed by atoms with Crippen LogP contribution in [0.5, 0.6) is 11.5 Å². The Hall–Kier alpha value is -2.49. The second-order valence-electron chi connectivity index (χ2n) is 5.99. The van der Waals surface area contributed by atoms with Crippen LogP contribution in [0.3, 0.4) is 0 Å². The van der Waals surface area contributed by atoms with Gasteiger partial charge in [0.05, 0.1) is 12.8 Å². The average Bonchev–Trinajstić information content (AvgIpc) is 2.56. The van der Waals surface area contributed by atoms with E-state index in [9.17, 15) is 4.79 Å². The highest BCUT2D eigenvalue weighted by Gasteiger charge is 2.22. The van der Waals surface area contributed by atoms with Crippen molar-refractivity contribution in [3.05, 3.63) is 53.1 Å². The Morgan fingerprint density at radius 1 is 1.12 bits per heavy atom. The minimum absolute atomic E-state index is 0.0393. The number of Topliss-reactive ketones (excluding diaryl/α,β-unsaturated/α-hetero) is 1. The number of carbonyl (C=O) groups excluding carboxylic acids is 1. The van der Waals surface area contributed by atoms with Gasteiger partial charge in [-0.05, 0) is 61.7 Å². The van der Waals surface area contributed by atoms with Gasteiger partial charge in [-0.3, -0.25) is 4.79 Å². The predicted molar refractivity (Wildman–Crippen MR) is 97.0 cm³/mol. The zero-order valence-corrected chi connectivity index (χ0v) is 14.8. The number of hydrogen-bond acceptors (Lipinski definition) is 4. The van der Waals surface area contributed by atoms with E-state index in [0.29, 0.717) is 23.4 Å². The molecule has 24 heavy (non-hydrogen) atoms. The molecule has 0 saturated heterocycles. The highest BCUT2D eigenvalue weighted by molar-refractivity contribution is 6.00. The first-order valence-electron chi connectivity index (χ1n) is 8.18. The van der Waals surface area contributed by atoms with Crippen molar-refractivity contribution in [1.82, 2.24) is 0 Å². The van der Waals surface area contributed by atoms with E-state index in [1.54, 1.807) is 13.2 Å². The summed E-state index contributed by atoms with van der Waals surface area (Å²) in [7, 11) is 1.62. The van der Waals surface area contributed by atoms with Crippen molar-refractivity contribution in [1.29, 1.82) is 0 Å². The lowest BCUT2D eigenvalue weighted by Gasteiger charge is -2.19. The van der Waals surface area contributed by atoms with E-state index >= 15 is 0 Å². The molecule has 0 saturated carbocycles. The number of benzene rings is 2. The second-order valence-corrected chi connectivity index (χ2v) is 5.99. The second kappa shape index (κ2) is 7.86. The van der Waals surface area contributed by atoms with Crippen LogP contribution in [-0.2, 0) is 0 Å². The summed E-state index contributed by atoms with van der Waals surface area (Å²) >= 11 is 0. The van der Waals surface area contributed by atoms with Gasteiger partial charge in [0, 0.05) is 5.56 Å². The van der Waals surface area contributed by atoms with E-state index in [-0.39, 0.29) is 5.78 Å². The molecule has 2 aromatic carbocycles. The van der Waals surface area contributed by atoms with Crippen LogP contribution in [0.1, 0.15) is 41.3 Å². The molecule has 1 atom stereocenters. The molecule has 4 nitrogen and oxygen atoms in total. The van der Waals surface area contributed by atoms with Crippen molar-refractivity contribution < 1.29 is 14.3 Å². The van der Waals surface area contributed by atoms with E-state index in [2.05, 4.69) is 0 Å². The van der Waals surface area contributed by atoms with Crippen LogP contribution in [0.2, 0.25) is 0 Å². The number of rotatable bonds is 7. The highest BCUT2D eigenvalue weighted by Crippen LogP contribution is 2.26. The van der Waals surface area contributed by atoms with E-state index in [0.717, 1.165) is 23.3 Å². The average molecular weight is 327 g/mol. The molecule has 0 aliphatic rings. The number of hydrogen-bond donors (Lipinski definition) is 1. The number of anilines is 1. The maximum Gasteiger partial charge on any atom is 0.203 e. The fourth-order valence-electron chi connectivity index (χ4n) is 2.65. The van der Waals surface area contributed by atoms with Gasteiger partial charge in [-0.15, -0.1) is 0 Å². The molecule has 0 fully saturated rings. The smallest absolute Gasteiger partial charge is 0.203 e. The van der Waals surface area contributed by atoms with Gasteiger partial charge in [0.25, 0.3) is 0 Å². The molecule has 0 amide bonds. The fourth-order valence-corrected chi connectivity index (χ4v) is 2.65. The molecule has 2 rings (SSSR count). The number of methoxy groups -OCH3 is 1. The molecular weight excluding hydrogens is 302 g/mol. The van der Waals surface area contributed by atoms with Crippen LogP contribution in [0.4, 0.5) is 5.69 Å². The Morgan fingerprint density at radius 2 is 1.83 bits per heavy atom. The quantitative estimate of drug-likeness (QED) is 0.607. The van der Waals surface area contributed by atoms with Crippen LogP contribution < -0.4 is 15.2 Å². The molecule has 0 radical (unpaired) electrons. The van der Waals surface area contributed by atoms with Gasteiger partial charge < -0.3 is 15.2 Å². The predicted octanol–water partition coefficient (Wildman–Crippen LogP) is 4.32. The number of nitrogens with two attached hydrogens (primary N) is 1. The molecule has 0 aliphatic heterocycles. The summed E-state index contributed by atoms with van der Waals surface area (Å²) in [6, 6.07) is 11.0. The monoisotopic (exact) mass is 327 g/mol. The van der Waals surface area contributed by atoms with Gasteiger partial charge in [-0.25, -0.2) is 0 Å². The van der Waals surface area contributed by atoms with Crippen molar-refractivity contribution in [3.8, 4) is 11.5 Å². The Kier molecular flexibility index (Phi) is 5.85. The molecular formula is C20H25NO3. The van der Waals surface area contributed by atoms with Gasteiger partial charge >= 0.3 is 0 Å². The molecule has 128 valence electrons. The number of ketones is 1. The molecule has 0 aliphatic carbocycles. The molecule has 0 bridgehead atoms. The van der Waals surface area contributed by atoms with Gasteiger partial charge in [-0.2, -0.15) is 0 Å². The Bertz CT molecular complexity index is 725. The SMILES string of the molecule is CCCC(Oc1ccc(C)cc1N)C(=O)c1ccc(OC)c(C)c1. The molecule has 0 spiro atoms. The van der Waals surface area contributed by atoms with Gasteiger partial charge in [0.15, 0.2) is 6.10 Å². The lowest BCUT2D eigenvalue weighted by Crippen LogP contribution is -2.27. The lowest BCUT2D eigenvalue weighted by atomic mass is 10.0. The third-order valence-corrected chi connectivity index (χ3v) is 3.96. The molecule has 1 unspecified atom stereocenters. The molecule has 4 heteroatoms. The first kappa shape index (κ1) is 17.9. The molecule has 2 N–H and O–H groups in total. The number of nitrogen functional groups attached to an aromatic ring is 1. The summed E-state index contributed by atoms with van der Waals surface area (Å²) < 4.78 is 11.2. The highest BCUT2D eigenvalue weighted by atomic mass is 16.5. The van der Waals surface area contributed by atoms with Gasteiger partial charge in [0.2, 0.25) is 5.78 Å². The molecule has 0 aromatic heterocycles. The van der Waals surface area contributed by atoms with E-state index in [1.807, 2.05) is 51.1 Å². The minimum atomic E-state index is -0.548. The first-order valence-corrected chi connectivity index (χ1v) is 8.18. The summed E-state index contributed by atoms with van der Waals surface area (Å²) in [6.07, 6.45) is 0.932. The van der Waals surface area contributed by atoms with E-state index in [4.69, 9.17) is 15.2 Å². The first-order chi connectivity index (χ1) is 11.5. The number of ether oxygens (including phenoxy) is 2. The zero-order chi connectivity index (χ0) is 17.7. The zero-order valence-electron chi connectivity index (χ0n) is 14.8. The summed E-state index contributed by atoms with van der Waals surface area (Å²) in [4.78, 5) is 12.9. The largest absolute Gasteiger partial charge is 0.496 e. The topological polar surface area (TPSA) is 61.5 Å². The summed E-state index contributed by atoms with van der Waals surface area (Å²) in [5.41, 5.74) is 9.17. The maximum absolute atomic E-state index is 12.9. The van der Waals surface area contributed by atoms with Crippen molar-refractivity contribution in [2.75, 3.05) is 12.8 Å². The number of carbonyl (C=O) groups is 1. The standard InChI is InChI=1S/C20H25NO3/c1-5-6-19(24-18-9-7-13(2)11-16(18)21)20(22)15-8-10-17(23-4)14(3)12-15/h7-12,19H,5-6,21H2,1-4H3. The van der Waals surface area contributed by atoms with Crippen molar-refractivity contribution in [2.24, 2.45) is 0 Å². The fraction of sp³-hybridized carbons (Fsp3) is 0.350. The Balaban J connectivity index is 2.26. The van der Waals surface area contributed by atoms with Crippen LogP contribution in [-0.4, -0.2) is 19.0 Å².